The number of piperidine rings is 1. The second-order valence-corrected chi connectivity index (χ2v) is 5.20. The van der Waals surface area contributed by atoms with E-state index in [1.165, 1.54) is 13.0 Å². The minimum atomic E-state index is 0.194. The largest absolute Gasteiger partial charge is 0.383 e. The first-order valence-electron chi connectivity index (χ1n) is 7.21. The minimum Gasteiger partial charge on any atom is -0.383 e. The summed E-state index contributed by atoms with van der Waals surface area (Å²) in [5, 5.41) is 3.23. The Balaban J connectivity index is 2.39. The normalized spacial score (nSPS) is 20.3. The van der Waals surface area contributed by atoms with Crippen molar-refractivity contribution in [2.75, 3.05) is 33.4 Å². The van der Waals surface area contributed by atoms with Gasteiger partial charge in [-0.05, 0) is 32.7 Å². The zero-order valence-corrected chi connectivity index (χ0v) is 12.5. The molecule has 6 heteroatoms. The summed E-state index contributed by atoms with van der Waals surface area (Å²) in [4.78, 5) is 7.16. The molecule has 19 heavy (non-hydrogen) atoms. The first-order valence-corrected chi connectivity index (χ1v) is 7.21. The second kappa shape index (κ2) is 9.12. The van der Waals surface area contributed by atoms with E-state index in [0.717, 1.165) is 25.9 Å². The van der Waals surface area contributed by atoms with Crippen LogP contribution in [-0.4, -0.2) is 56.3 Å². The molecule has 1 aliphatic rings. The molecule has 1 saturated heterocycles. The van der Waals surface area contributed by atoms with Gasteiger partial charge in [0.25, 0.3) is 0 Å². The third-order valence-corrected chi connectivity index (χ3v) is 3.35. The van der Waals surface area contributed by atoms with Crippen molar-refractivity contribution in [3.63, 3.8) is 0 Å². The van der Waals surface area contributed by atoms with Crippen LogP contribution in [0.5, 0.6) is 0 Å². The third-order valence-electron chi connectivity index (χ3n) is 3.35. The monoisotopic (exact) mass is 271 g/mol. The van der Waals surface area contributed by atoms with Gasteiger partial charge in [0.1, 0.15) is 0 Å². The van der Waals surface area contributed by atoms with Gasteiger partial charge in [0.2, 0.25) is 5.96 Å². The zero-order chi connectivity index (χ0) is 14.1. The number of likely N-dealkylation sites (tertiary alicyclic amines) is 1. The Kier molecular flexibility index (Phi) is 7.78. The number of nitrogens with one attached hydrogen (secondary N) is 2. The van der Waals surface area contributed by atoms with E-state index in [0.29, 0.717) is 18.6 Å². The molecule has 0 bridgehead atoms. The number of rotatable bonds is 6. The molecule has 0 aromatic carbocycles. The van der Waals surface area contributed by atoms with E-state index in [4.69, 9.17) is 10.6 Å². The van der Waals surface area contributed by atoms with Crippen molar-refractivity contribution in [1.29, 1.82) is 0 Å². The van der Waals surface area contributed by atoms with Crippen molar-refractivity contribution < 1.29 is 4.74 Å². The average Bonchev–Trinajstić information content (AvgIpc) is 2.40. The van der Waals surface area contributed by atoms with E-state index in [1.807, 2.05) is 6.92 Å². The second-order valence-electron chi connectivity index (χ2n) is 5.20. The highest BCUT2D eigenvalue weighted by Gasteiger charge is 2.18. The van der Waals surface area contributed by atoms with Gasteiger partial charge in [-0.25, -0.2) is 10.8 Å². The highest BCUT2D eigenvalue weighted by molar-refractivity contribution is 5.79. The van der Waals surface area contributed by atoms with Gasteiger partial charge in [0.05, 0.1) is 12.6 Å². The number of aliphatic imine (C=N–C) groups is 1. The van der Waals surface area contributed by atoms with Gasteiger partial charge in [-0.15, -0.1) is 0 Å². The van der Waals surface area contributed by atoms with Gasteiger partial charge in [-0.3, -0.25) is 5.43 Å². The van der Waals surface area contributed by atoms with Crippen LogP contribution in [0.2, 0.25) is 0 Å². The van der Waals surface area contributed by atoms with Crippen molar-refractivity contribution >= 4 is 5.96 Å². The summed E-state index contributed by atoms with van der Waals surface area (Å²) in [6.45, 7) is 8.36. The van der Waals surface area contributed by atoms with Gasteiger partial charge in [-0.2, -0.15) is 0 Å². The highest BCUT2D eigenvalue weighted by atomic mass is 16.5. The Labute approximate surface area is 116 Å². The van der Waals surface area contributed by atoms with E-state index >= 15 is 0 Å². The fraction of sp³-hybridized carbons (Fsp3) is 0.923. The quantitative estimate of drug-likeness (QED) is 0.280. The summed E-state index contributed by atoms with van der Waals surface area (Å²) in [5.74, 6) is 6.18. The smallest absolute Gasteiger partial charge is 0.206 e. The fourth-order valence-corrected chi connectivity index (χ4v) is 2.41. The molecule has 1 rings (SSSR count). The third kappa shape index (κ3) is 6.22. The first kappa shape index (κ1) is 16.2. The van der Waals surface area contributed by atoms with E-state index in [1.54, 1.807) is 7.11 Å². The first-order chi connectivity index (χ1) is 9.19. The lowest BCUT2D eigenvalue weighted by atomic mass is 10.1. The number of hydrogen-bond acceptors (Lipinski definition) is 4. The van der Waals surface area contributed by atoms with E-state index < -0.39 is 0 Å². The van der Waals surface area contributed by atoms with Crippen molar-refractivity contribution in [2.24, 2.45) is 10.8 Å². The summed E-state index contributed by atoms with van der Waals surface area (Å²) in [6.07, 6.45) is 3.43. The van der Waals surface area contributed by atoms with Crippen molar-refractivity contribution in [3.05, 3.63) is 0 Å². The summed E-state index contributed by atoms with van der Waals surface area (Å²) >= 11 is 0. The van der Waals surface area contributed by atoms with E-state index in [-0.39, 0.29) is 6.04 Å². The molecule has 0 radical (unpaired) electrons. The maximum absolute atomic E-state index is 5.51. The summed E-state index contributed by atoms with van der Waals surface area (Å²) < 4.78 is 5.09. The van der Waals surface area contributed by atoms with Crippen LogP contribution in [0.15, 0.2) is 4.99 Å². The molecule has 0 saturated carbocycles. The average molecular weight is 271 g/mol. The molecule has 112 valence electrons. The maximum Gasteiger partial charge on any atom is 0.206 e. The van der Waals surface area contributed by atoms with E-state index in [9.17, 15) is 0 Å². The number of hydrogen-bond donors (Lipinski definition) is 3. The molecule has 1 aliphatic heterocycles. The van der Waals surface area contributed by atoms with Crippen LogP contribution in [0.1, 0.15) is 33.1 Å². The zero-order valence-electron chi connectivity index (χ0n) is 12.5. The number of hydrazine groups is 1. The lowest BCUT2D eigenvalue weighted by molar-refractivity contribution is 0.178. The van der Waals surface area contributed by atoms with Gasteiger partial charge < -0.3 is 15.0 Å². The summed E-state index contributed by atoms with van der Waals surface area (Å²) in [5.41, 5.74) is 2.64. The van der Waals surface area contributed by atoms with Crippen LogP contribution in [0, 0.1) is 0 Å². The number of nitrogens with zero attached hydrogens (tertiary/aromatic N) is 2. The molecule has 0 aliphatic carbocycles. The van der Waals surface area contributed by atoms with Crippen LogP contribution in [0.4, 0.5) is 0 Å². The topological polar surface area (TPSA) is 74.9 Å². The lowest BCUT2D eigenvalue weighted by Gasteiger charge is -2.30. The SMILES string of the molecule is CCCN1CCC(N=C(NN)NC(C)COC)CC1. The molecule has 1 fully saturated rings. The number of methoxy groups -OCH3 is 1. The molecule has 0 aromatic heterocycles. The van der Waals surface area contributed by atoms with Crippen LogP contribution < -0.4 is 16.6 Å². The van der Waals surface area contributed by atoms with Crippen LogP contribution >= 0.6 is 0 Å². The molecule has 4 N–H and O–H groups in total. The molecule has 0 aromatic rings. The van der Waals surface area contributed by atoms with E-state index in [2.05, 4.69) is 27.6 Å². The van der Waals surface area contributed by atoms with Gasteiger partial charge >= 0.3 is 0 Å². The molecule has 1 heterocycles. The van der Waals surface area contributed by atoms with Crippen molar-refractivity contribution in [2.45, 2.75) is 45.2 Å². The van der Waals surface area contributed by atoms with Crippen LogP contribution in [0.3, 0.4) is 0 Å². The fourth-order valence-electron chi connectivity index (χ4n) is 2.41. The number of ether oxygens (including phenoxy) is 1. The molecule has 0 amide bonds. The predicted octanol–water partition coefficient (Wildman–Crippen LogP) is 0.305. The van der Waals surface area contributed by atoms with Crippen LogP contribution in [0.25, 0.3) is 0 Å². The minimum absolute atomic E-state index is 0.194. The van der Waals surface area contributed by atoms with Crippen molar-refractivity contribution in [3.8, 4) is 0 Å². The molecular formula is C13H29N5O. The van der Waals surface area contributed by atoms with Crippen LogP contribution in [-0.2, 0) is 4.74 Å². The molecular weight excluding hydrogens is 242 g/mol. The number of nitrogens with two attached hydrogens (primary N) is 1. The molecule has 0 spiro atoms. The Hall–Kier alpha value is -0.850. The van der Waals surface area contributed by atoms with Crippen molar-refractivity contribution in [1.82, 2.24) is 15.6 Å². The Morgan fingerprint density at radius 2 is 2.16 bits per heavy atom. The van der Waals surface area contributed by atoms with Gasteiger partial charge in [0.15, 0.2) is 0 Å². The highest BCUT2D eigenvalue weighted by Crippen LogP contribution is 2.13. The van der Waals surface area contributed by atoms with Gasteiger partial charge in [0, 0.05) is 26.2 Å². The number of guanidine groups is 1. The maximum atomic E-state index is 5.51. The molecule has 6 nitrogen and oxygen atoms in total. The molecule has 1 atom stereocenters. The summed E-state index contributed by atoms with van der Waals surface area (Å²) in [6, 6.07) is 0.557. The predicted molar refractivity (Wildman–Crippen MR) is 79.0 cm³/mol. The van der Waals surface area contributed by atoms with Gasteiger partial charge in [-0.1, -0.05) is 6.92 Å². The molecule has 1 unspecified atom stereocenters. The summed E-state index contributed by atoms with van der Waals surface area (Å²) in [7, 11) is 1.69. The lowest BCUT2D eigenvalue weighted by Crippen LogP contribution is -2.48. The Morgan fingerprint density at radius 3 is 2.68 bits per heavy atom. The Bertz CT molecular complexity index is 264. The Morgan fingerprint density at radius 1 is 1.47 bits per heavy atom. The standard InChI is InChI=1S/C13H29N5O/c1-4-7-18-8-5-12(6-9-18)16-13(17-14)15-11(2)10-19-3/h11-12H,4-10,14H2,1-3H3,(H2,15,16,17).